The molecule has 1 aromatic rings. The maximum absolute atomic E-state index is 11.4. The molecule has 1 aliphatic rings. The Morgan fingerprint density at radius 3 is 2.95 bits per heavy atom. The molecule has 1 atom stereocenters. The van der Waals surface area contributed by atoms with Gasteiger partial charge in [-0.25, -0.2) is 0 Å². The summed E-state index contributed by atoms with van der Waals surface area (Å²) in [5.41, 5.74) is 1.45. The molecule has 1 saturated heterocycles. The third-order valence-corrected chi connectivity index (χ3v) is 4.02. The van der Waals surface area contributed by atoms with Gasteiger partial charge in [0.05, 0.1) is 0 Å². The molecular formula is C16H23NO3. The zero-order valence-corrected chi connectivity index (χ0v) is 12.0. The van der Waals surface area contributed by atoms with Gasteiger partial charge in [-0.1, -0.05) is 0 Å². The fourth-order valence-corrected chi connectivity index (χ4v) is 2.89. The summed E-state index contributed by atoms with van der Waals surface area (Å²) in [5.74, 6) is 0.800. The number of likely N-dealkylation sites (tertiary alicyclic amines) is 1. The van der Waals surface area contributed by atoms with Crippen LogP contribution in [-0.2, 0) is 6.54 Å². The molecule has 20 heavy (non-hydrogen) atoms. The number of phenols is 1. The van der Waals surface area contributed by atoms with Crippen LogP contribution in [0.25, 0.3) is 0 Å². The molecule has 0 amide bonds. The third-order valence-electron chi connectivity index (χ3n) is 4.02. The van der Waals surface area contributed by atoms with Gasteiger partial charge in [0.15, 0.2) is 5.78 Å². The zero-order chi connectivity index (χ0) is 14.5. The number of nitrogens with zero attached hydrogens (tertiary/aromatic N) is 1. The molecule has 2 N–H and O–H groups in total. The minimum Gasteiger partial charge on any atom is -0.508 e. The second-order valence-corrected chi connectivity index (χ2v) is 5.66. The Kier molecular flexibility index (Phi) is 5.15. The van der Waals surface area contributed by atoms with Crippen LogP contribution in [0, 0.1) is 5.92 Å². The summed E-state index contributed by atoms with van der Waals surface area (Å²) in [4.78, 5) is 13.7. The second kappa shape index (κ2) is 6.86. The molecule has 1 aliphatic heterocycles. The van der Waals surface area contributed by atoms with Crippen molar-refractivity contribution in [3.63, 3.8) is 0 Å². The van der Waals surface area contributed by atoms with Gasteiger partial charge in [-0.2, -0.15) is 0 Å². The summed E-state index contributed by atoms with van der Waals surface area (Å²) in [6.07, 6.45) is 3.13. The van der Waals surface area contributed by atoms with Crippen LogP contribution < -0.4 is 0 Å². The van der Waals surface area contributed by atoms with E-state index in [0.29, 0.717) is 18.0 Å². The van der Waals surface area contributed by atoms with E-state index in [2.05, 4.69) is 4.90 Å². The first-order valence-corrected chi connectivity index (χ1v) is 7.26. The van der Waals surface area contributed by atoms with Crippen molar-refractivity contribution in [2.75, 3.05) is 19.7 Å². The first-order chi connectivity index (χ1) is 9.60. The Morgan fingerprint density at radius 1 is 1.45 bits per heavy atom. The fourth-order valence-electron chi connectivity index (χ4n) is 2.89. The zero-order valence-electron chi connectivity index (χ0n) is 12.0. The maximum atomic E-state index is 11.4. The summed E-state index contributed by atoms with van der Waals surface area (Å²) in [6, 6.07) is 5.04. The molecule has 1 fully saturated rings. The standard InChI is InChI=1S/C16H23NO3/c1-12(19)14-4-5-16(20)15(9-14)11-17-7-2-3-13(10-17)6-8-18/h4-5,9,13,18,20H,2-3,6-8,10-11H2,1H3. The normalized spacial score (nSPS) is 20.0. The van der Waals surface area contributed by atoms with Crippen molar-refractivity contribution in [1.82, 2.24) is 4.90 Å². The quantitative estimate of drug-likeness (QED) is 0.810. The number of aliphatic hydroxyl groups excluding tert-OH is 1. The number of aliphatic hydroxyl groups is 1. The molecule has 0 radical (unpaired) electrons. The summed E-state index contributed by atoms with van der Waals surface area (Å²) < 4.78 is 0. The monoisotopic (exact) mass is 277 g/mol. The number of piperidine rings is 1. The molecule has 0 saturated carbocycles. The highest BCUT2D eigenvalue weighted by Crippen LogP contribution is 2.25. The van der Waals surface area contributed by atoms with Crippen molar-refractivity contribution >= 4 is 5.78 Å². The van der Waals surface area contributed by atoms with Crippen molar-refractivity contribution in [2.24, 2.45) is 5.92 Å². The summed E-state index contributed by atoms with van der Waals surface area (Å²) in [7, 11) is 0. The van der Waals surface area contributed by atoms with E-state index >= 15 is 0 Å². The van der Waals surface area contributed by atoms with Crippen LogP contribution >= 0.6 is 0 Å². The lowest BCUT2D eigenvalue weighted by Gasteiger charge is -2.32. The fraction of sp³-hybridized carbons (Fsp3) is 0.562. The number of hydrogen-bond acceptors (Lipinski definition) is 4. The van der Waals surface area contributed by atoms with Gasteiger partial charge in [-0.05, 0) is 56.8 Å². The summed E-state index contributed by atoms with van der Waals surface area (Å²) >= 11 is 0. The predicted octanol–water partition coefficient (Wildman–Crippen LogP) is 2.19. The van der Waals surface area contributed by atoms with E-state index in [9.17, 15) is 9.90 Å². The van der Waals surface area contributed by atoms with E-state index < -0.39 is 0 Å². The Hall–Kier alpha value is -1.39. The highest BCUT2D eigenvalue weighted by atomic mass is 16.3. The molecule has 0 bridgehead atoms. The summed E-state index contributed by atoms with van der Waals surface area (Å²) in [6.45, 7) is 4.39. The third kappa shape index (κ3) is 3.81. The Labute approximate surface area is 120 Å². The number of carbonyl (C=O) groups is 1. The molecule has 1 heterocycles. The van der Waals surface area contributed by atoms with Crippen molar-refractivity contribution in [3.8, 4) is 5.75 Å². The second-order valence-electron chi connectivity index (χ2n) is 5.66. The molecule has 4 nitrogen and oxygen atoms in total. The van der Waals surface area contributed by atoms with Crippen LogP contribution in [0.4, 0.5) is 0 Å². The number of benzene rings is 1. The molecule has 110 valence electrons. The van der Waals surface area contributed by atoms with Crippen LogP contribution in [0.2, 0.25) is 0 Å². The van der Waals surface area contributed by atoms with Gasteiger partial charge in [0.25, 0.3) is 0 Å². The van der Waals surface area contributed by atoms with E-state index in [1.807, 2.05) is 0 Å². The summed E-state index contributed by atoms with van der Waals surface area (Å²) in [5, 5.41) is 19.0. The van der Waals surface area contributed by atoms with Gasteiger partial charge < -0.3 is 10.2 Å². The van der Waals surface area contributed by atoms with Crippen LogP contribution in [0.5, 0.6) is 5.75 Å². The maximum Gasteiger partial charge on any atom is 0.159 e. The molecule has 2 rings (SSSR count). The number of hydrogen-bond donors (Lipinski definition) is 2. The lowest BCUT2D eigenvalue weighted by atomic mass is 9.94. The number of phenolic OH excluding ortho intramolecular Hbond substituents is 1. The van der Waals surface area contributed by atoms with Crippen molar-refractivity contribution in [1.29, 1.82) is 0 Å². The molecule has 1 aromatic carbocycles. The van der Waals surface area contributed by atoms with Crippen LogP contribution in [0.1, 0.15) is 42.1 Å². The number of aromatic hydroxyl groups is 1. The molecule has 1 unspecified atom stereocenters. The van der Waals surface area contributed by atoms with Crippen LogP contribution in [0.15, 0.2) is 18.2 Å². The van der Waals surface area contributed by atoms with Crippen LogP contribution in [0.3, 0.4) is 0 Å². The topological polar surface area (TPSA) is 60.8 Å². The average molecular weight is 277 g/mol. The Balaban J connectivity index is 2.05. The van der Waals surface area contributed by atoms with E-state index in [4.69, 9.17) is 5.11 Å². The van der Waals surface area contributed by atoms with Gasteiger partial charge in [0, 0.05) is 30.8 Å². The lowest BCUT2D eigenvalue weighted by Crippen LogP contribution is -2.35. The van der Waals surface area contributed by atoms with Crippen LogP contribution in [-0.4, -0.2) is 40.6 Å². The molecule has 4 heteroatoms. The largest absolute Gasteiger partial charge is 0.508 e. The van der Waals surface area contributed by atoms with Gasteiger partial charge in [-0.3, -0.25) is 9.69 Å². The smallest absolute Gasteiger partial charge is 0.159 e. The van der Waals surface area contributed by atoms with Crippen molar-refractivity contribution in [3.05, 3.63) is 29.3 Å². The Bertz CT molecular complexity index is 471. The lowest BCUT2D eigenvalue weighted by molar-refractivity contribution is 0.101. The molecule has 0 spiro atoms. The van der Waals surface area contributed by atoms with E-state index in [-0.39, 0.29) is 18.1 Å². The predicted molar refractivity (Wildman–Crippen MR) is 77.8 cm³/mol. The van der Waals surface area contributed by atoms with E-state index in [1.54, 1.807) is 18.2 Å². The van der Waals surface area contributed by atoms with Gasteiger partial charge in [0.1, 0.15) is 5.75 Å². The molecule has 0 aromatic heterocycles. The molecule has 0 aliphatic carbocycles. The van der Waals surface area contributed by atoms with Crippen molar-refractivity contribution < 1.29 is 15.0 Å². The first kappa shape index (κ1) is 15.0. The van der Waals surface area contributed by atoms with Crippen molar-refractivity contribution in [2.45, 2.75) is 32.7 Å². The van der Waals surface area contributed by atoms with E-state index in [1.165, 1.54) is 6.92 Å². The number of carbonyl (C=O) groups excluding carboxylic acids is 1. The number of ketones is 1. The molecular weight excluding hydrogens is 254 g/mol. The highest BCUT2D eigenvalue weighted by molar-refractivity contribution is 5.94. The van der Waals surface area contributed by atoms with E-state index in [0.717, 1.165) is 37.9 Å². The van der Waals surface area contributed by atoms with Gasteiger partial charge in [0.2, 0.25) is 0 Å². The highest BCUT2D eigenvalue weighted by Gasteiger charge is 2.20. The average Bonchev–Trinajstić information content (AvgIpc) is 2.42. The van der Waals surface area contributed by atoms with Gasteiger partial charge >= 0.3 is 0 Å². The van der Waals surface area contributed by atoms with Gasteiger partial charge in [-0.15, -0.1) is 0 Å². The SMILES string of the molecule is CC(=O)c1ccc(O)c(CN2CCCC(CCO)C2)c1. The number of rotatable bonds is 5. The first-order valence-electron chi connectivity index (χ1n) is 7.26. The number of Topliss-reactive ketones (excluding diaryl/α,β-unsaturated/α-hetero) is 1. The minimum atomic E-state index is 0.0167. The minimum absolute atomic E-state index is 0.0167. The Morgan fingerprint density at radius 2 is 2.25 bits per heavy atom.